The predicted molar refractivity (Wildman–Crippen MR) is 287 cm³/mol. The van der Waals surface area contributed by atoms with Crippen molar-refractivity contribution >= 4 is 76.3 Å². The molecule has 0 saturated heterocycles. The van der Waals surface area contributed by atoms with Gasteiger partial charge in [0.25, 0.3) is 0 Å². The summed E-state index contributed by atoms with van der Waals surface area (Å²) >= 11 is 0. The Balaban J connectivity index is 1.09. The Morgan fingerprint density at radius 3 is 1.80 bits per heavy atom. The molecule has 10 aromatic carbocycles. The van der Waals surface area contributed by atoms with E-state index in [1.165, 1.54) is 33.0 Å². The largest absolute Gasteiger partial charge is 0.454 e. The molecule has 6 heteroatoms. The topological polar surface area (TPSA) is 61.7 Å². The van der Waals surface area contributed by atoms with Crippen molar-refractivity contribution < 1.29 is 4.42 Å². The number of fused-ring (bicyclic) bond motifs is 14. The second-order valence-corrected chi connectivity index (χ2v) is 19.1. The van der Waals surface area contributed by atoms with Gasteiger partial charge in [0.2, 0.25) is 5.95 Å². The van der Waals surface area contributed by atoms with Crippen LogP contribution in [0.15, 0.2) is 217 Å². The molecule has 4 heterocycles. The molecule has 0 bridgehead atoms. The van der Waals surface area contributed by atoms with Gasteiger partial charge in [0.1, 0.15) is 5.58 Å². The summed E-state index contributed by atoms with van der Waals surface area (Å²) in [5.74, 6) is 1.77. The van der Waals surface area contributed by atoms with E-state index in [2.05, 4.69) is 217 Å². The molecule has 0 aliphatic heterocycles. The lowest BCUT2D eigenvalue weighted by atomic mass is 9.82. The number of furan rings is 1. The molecule has 0 atom stereocenters. The minimum Gasteiger partial charge on any atom is -0.454 e. The fourth-order valence-electron chi connectivity index (χ4n) is 11.8. The molecule has 0 spiro atoms. The van der Waals surface area contributed by atoms with Crippen molar-refractivity contribution in [2.75, 3.05) is 0 Å². The Kier molecular flexibility index (Phi) is 8.03. The first-order chi connectivity index (χ1) is 34.5. The molecular formula is C64H41N5O. The Labute approximate surface area is 402 Å². The standard InChI is InChI=1S/C64H41N5O/c1-64(2)51-29-12-8-26-48(51)57-49(28-17-30-52(57)64)62-65-61(39-19-4-3-5-20-39)66-63(67-62)69-54-32-14-10-24-44(54)47-35-34-46-43-23-9-13-31-53(43)68(58(46)59(47)69)55-37-40(42-27-16-21-38-18-6-7-22-41(38)42)36-50-45-25-11-15-33-56(45)70-60(50)55/h3-37H,1-2H3. The minimum absolute atomic E-state index is 0.192. The zero-order valence-electron chi connectivity index (χ0n) is 38.4. The third-order valence-corrected chi connectivity index (χ3v) is 15.0. The number of benzene rings is 10. The summed E-state index contributed by atoms with van der Waals surface area (Å²) < 4.78 is 11.7. The summed E-state index contributed by atoms with van der Waals surface area (Å²) in [6, 6.07) is 75.9. The third-order valence-electron chi connectivity index (χ3n) is 15.0. The molecule has 70 heavy (non-hydrogen) atoms. The molecule has 14 aromatic rings. The molecular weight excluding hydrogens is 855 g/mol. The Bertz CT molecular complexity index is 4510. The molecule has 15 rings (SSSR count). The Hall–Kier alpha value is -9.13. The van der Waals surface area contributed by atoms with Gasteiger partial charge in [0.05, 0.1) is 27.8 Å². The summed E-state index contributed by atoms with van der Waals surface area (Å²) in [5, 5.41) is 8.98. The van der Waals surface area contributed by atoms with Crippen LogP contribution in [-0.4, -0.2) is 24.1 Å². The maximum Gasteiger partial charge on any atom is 0.238 e. The van der Waals surface area contributed by atoms with Crippen molar-refractivity contribution in [3.05, 3.63) is 223 Å². The average Bonchev–Trinajstić information content (AvgIpc) is 4.13. The normalized spacial score (nSPS) is 13.1. The summed E-state index contributed by atoms with van der Waals surface area (Å²) in [4.78, 5) is 16.4. The minimum atomic E-state index is -0.192. The molecule has 4 aromatic heterocycles. The van der Waals surface area contributed by atoms with Gasteiger partial charge in [-0.25, -0.2) is 4.98 Å². The summed E-state index contributed by atoms with van der Waals surface area (Å²) in [6.07, 6.45) is 0. The van der Waals surface area contributed by atoms with Crippen LogP contribution in [0, 0.1) is 0 Å². The number of rotatable bonds is 5. The molecule has 0 N–H and O–H groups in total. The molecule has 0 saturated carbocycles. The van der Waals surface area contributed by atoms with E-state index in [0.29, 0.717) is 17.6 Å². The first-order valence-electron chi connectivity index (χ1n) is 23.9. The van der Waals surface area contributed by atoms with Crippen molar-refractivity contribution in [1.82, 2.24) is 24.1 Å². The lowest BCUT2D eigenvalue weighted by molar-refractivity contribution is 0.660. The Morgan fingerprint density at radius 2 is 0.986 bits per heavy atom. The van der Waals surface area contributed by atoms with Crippen molar-refractivity contribution in [2.24, 2.45) is 0 Å². The molecule has 0 radical (unpaired) electrons. The van der Waals surface area contributed by atoms with Crippen LogP contribution >= 0.6 is 0 Å². The van der Waals surface area contributed by atoms with E-state index in [0.717, 1.165) is 93.5 Å². The lowest BCUT2D eigenvalue weighted by Gasteiger charge is -2.21. The van der Waals surface area contributed by atoms with Crippen LogP contribution in [0.1, 0.15) is 25.0 Å². The van der Waals surface area contributed by atoms with Crippen LogP contribution in [0.3, 0.4) is 0 Å². The van der Waals surface area contributed by atoms with Crippen LogP contribution in [0.2, 0.25) is 0 Å². The van der Waals surface area contributed by atoms with Crippen molar-refractivity contribution in [3.63, 3.8) is 0 Å². The van der Waals surface area contributed by atoms with E-state index in [4.69, 9.17) is 19.4 Å². The molecule has 1 aliphatic carbocycles. The van der Waals surface area contributed by atoms with E-state index in [9.17, 15) is 0 Å². The SMILES string of the molecule is CC1(C)c2ccccc2-c2c(-c3nc(-c4ccccc4)nc(-n4c5ccccc5c5ccc6c7ccccc7n(-c7cc(-c8cccc9ccccc89)cc8c7oc7ccccc78)c6c54)n3)cccc21. The molecule has 6 nitrogen and oxygen atoms in total. The van der Waals surface area contributed by atoms with Crippen molar-refractivity contribution in [1.29, 1.82) is 0 Å². The number of hydrogen-bond donors (Lipinski definition) is 0. The van der Waals surface area contributed by atoms with Gasteiger partial charge in [0, 0.05) is 48.9 Å². The highest BCUT2D eigenvalue weighted by Gasteiger charge is 2.37. The Morgan fingerprint density at radius 1 is 0.400 bits per heavy atom. The van der Waals surface area contributed by atoms with Gasteiger partial charge in [-0.3, -0.25) is 4.57 Å². The number of hydrogen-bond acceptors (Lipinski definition) is 4. The van der Waals surface area contributed by atoms with E-state index in [1.807, 2.05) is 18.2 Å². The fraction of sp³-hybridized carbons (Fsp3) is 0.0469. The number of aromatic nitrogens is 5. The van der Waals surface area contributed by atoms with Gasteiger partial charge >= 0.3 is 0 Å². The average molecular weight is 896 g/mol. The van der Waals surface area contributed by atoms with Gasteiger partial charge in [-0.15, -0.1) is 0 Å². The first-order valence-corrected chi connectivity index (χ1v) is 23.9. The second-order valence-electron chi connectivity index (χ2n) is 19.1. The maximum atomic E-state index is 7.01. The zero-order chi connectivity index (χ0) is 46.2. The van der Waals surface area contributed by atoms with Crippen molar-refractivity contribution in [2.45, 2.75) is 19.3 Å². The van der Waals surface area contributed by atoms with E-state index < -0.39 is 0 Å². The smallest absolute Gasteiger partial charge is 0.238 e. The maximum absolute atomic E-state index is 7.01. The van der Waals surface area contributed by atoms with E-state index in [1.54, 1.807) is 0 Å². The van der Waals surface area contributed by atoms with Gasteiger partial charge < -0.3 is 8.98 Å². The highest BCUT2D eigenvalue weighted by atomic mass is 16.3. The predicted octanol–water partition coefficient (Wildman–Crippen LogP) is 16.4. The summed E-state index contributed by atoms with van der Waals surface area (Å²) in [5.41, 5.74) is 15.7. The summed E-state index contributed by atoms with van der Waals surface area (Å²) in [6.45, 7) is 4.63. The van der Waals surface area contributed by atoms with Gasteiger partial charge in [-0.2, -0.15) is 9.97 Å². The van der Waals surface area contributed by atoms with Crippen LogP contribution in [0.5, 0.6) is 0 Å². The molecule has 0 amide bonds. The van der Waals surface area contributed by atoms with Gasteiger partial charge in [0.15, 0.2) is 17.2 Å². The highest BCUT2D eigenvalue weighted by Crippen LogP contribution is 2.52. The quantitative estimate of drug-likeness (QED) is 0.173. The van der Waals surface area contributed by atoms with Crippen LogP contribution in [-0.2, 0) is 5.41 Å². The van der Waals surface area contributed by atoms with E-state index >= 15 is 0 Å². The third kappa shape index (κ3) is 5.41. The number of nitrogens with zero attached hydrogens (tertiary/aromatic N) is 5. The van der Waals surface area contributed by atoms with Crippen LogP contribution in [0.4, 0.5) is 0 Å². The first kappa shape index (κ1) is 38.9. The van der Waals surface area contributed by atoms with Crippen LogP contribution in [0.25, 0.3) is 133 Å². The highest BCUT2D eigenvalue weighted by molar-refractivity contribution is 6.24. The molecule has 0 fully saturated rings. The monoisotopic (exact) mass is 895 g/mol. The molecule has 0 unspecified atom stereocenters. The zero-order valence-corrected chi connectivity index (χ0v) is 38.4. The summed E-state index contributed by atoms with van der Waals surface area (Å²) in [7, 11) is 0. The molecule has 328 valence electrons. The number of para-hydroxylation sites is 3. The van der Waals surface area contributed by atoms with E-state index in [-0.39, 0.29) is 5.41 Å². The van der Waals surface area contributed by atoms with Crippen molar-refractivity contribution in [3.8, 4) is 56.7 Å². The fourth-order valence-corrected chi connectivity index (χ4v) is 11.8. The van der Waals surface area contributed by atoms with Gasteiger partial charge in [-0.1, -0.05) is 196 Å². The second kappa shape index (κ2) is 14.4. The lowest BCUT2D eigenvalue weighted by Crippen LogP contribution is -2.14. The molecule has 1 aliphatic rings. The van der Waals surface area contributed by atoms with Crippen LogP contribution < -0.4 is 0 Å². The van der Waals surface area contributed by atoms with Gasteiger partial charge in [-0.05, 0) is 74.5 Å².